The summed E-state index contributed by atoms with van der Waals surface area (Å²) in [6, 6.07) is 13.4. The first-order valence-corrected chi connectivity index (χ1v) is 10.3. The van der Waals surface area contributed by atoms with Crippen LogP contribution in [-0.4, -0.2) is 46.4 Å². The highest BCUT2D eigenvalue weighted by molar-refractivity contribution is 7.92. The van der Waals surface area contributed by atoms with Crippen LogP contribution in [0.2, 0.25) is 0 Å². The molecule has 0 unspecified atom stereocenters. The lowest BCUT2D eigenvalue weighted by molar-refractivity contribution is -0.116. The summed E-state index contributed by atoms with van der Waals surface area (Å²) in [5, 5.41) is 0. The maximum absolute atomic E-state index is 12.5. The molecule has 0 aromatic heterocycles. The highest BCUT2D eigenvalue weighted by Crippen LogP contribution is 2.25. The molecular formula is C20H27N3O3S. The fourth-order valence-corrected chi connectivity index (χ4v) is 3.90. The van der Waals surface area contributed by atoms with Gasteiger partial charge in [0.05, 0.1) is 4.90 Å². The van der Waals surface area contributed by atoms with Crippen molar-refractivity contribution in [3.8, 4) is 0 Å². The molecule has 0 heterocycles. The van der Waals surface area contributed by atoms with Crippen molar-refractivity contribution in [2.45, 2.75) is 25.2 Å². The second kappa shape index (κ2) is 9.01. The lowest BCUT2D eigenvalue weighted by Crippen LogP contribution is -2.32. The van der Waals surface area contributed by atoms with E-state index in [2.05, 4.69) is 9.62 Å². The number of hydrogen-bond donors (Lipinski definition) is 1. The molecule has 0 aliphatic heterocycles. The Morgan fingerprint density at radius 2 is 1.70 bits per heavy atom. The van der Waals surface area contributed by atoms with Gasteiger partial charge in [0, 0.05) is 24.8 Å². The maximum atomic E-state index is 12.5. The van der Waals surface area contributed by atoms with Gasteiger partial charge in [-0.15, -0.1) is 0 Å². The average molecular weight is 390 g/mol. The minimum Gasteiger partial charge on any atom is -0.312 e. The van der Waals surface area contributed by atoms with Crippen molar-refractivity contribution in [3.63, 3.8) is 0 Å². The van der Waals surface area contributed by atoms with Crippen LogP contribution in [0.5, 0.6) is 0 Å². The van der Waals surface area contributed by atoms with Crippen LogP contribution in [0, 0.1) is 6.92 Å². The van der Waals surface area contributed by atoms with Crippen molar-refractivity contribution in [3.05, 3.63) is 54.1 Å². The third-order valence-electron chi connectivity index (χ3n) is 4.16. The number of nitrogens with zero attached hydrogens (tertiary/aromatic N) is 2. The highest BCUT2D eigenvalue weighted by Gasteiger charge is 2.17. The predicted molar refractivity (Wildman–Crippen MR) is 110 cm³/mol. The van der Waals surface area contributed by atoms with Gasteiger partial charge in [-0.05, 0) is 69.9 Å². The number of rotatable bonds is 8. The van der Waals surface area contributed by atoms with Gasteiger partial charge in [0.2, 0.25) is 5.91 Å². The van der Waals surface area contributed by atoms with E-state index in [9.17, 15) is 13.2 Å². The molecule has 2 rings (SSSR count). The lowest BCUT2D eigenvalue weighted by Gasteiger charge is -2.24. The number of nitrogens with one attached hydrogen (secondary N) is 1. The van der Waals surface area contributed by atoms with Crippen molar-refractivity contribution >= 4 is 27.3 Å². The number of carbonyl (C=O) groups excluding carboxylic acids is 1. The Labute approximate surface area is 161 Å². The van der Waals surface area contributed by atoms with Gasteiger partial charge in [-0.25, -0.2) is 8.42 Å². The zero-order chi connectivity index (χ0) is 20.0. The van der Waals surface area contributed by atoms with Crippen LogP contribution in [0.25, 0.3) is 0 Å². The van der Waals surface area contributed by atoms with E-state index in [4.69, 9.17) is 0 Å². The number of sulfonamides is 1. The first-order valence-electron chi connectivity index (χ1n) is 8.82. The van der Waals surface area contributed by atoms with Crippen molar-refractivity contribution in [2.24, 2.45) is 0 Å². The number of benzene rings is 2. The molecule has 1 N–H and O–H groups in total. The van der Waals surface area contributed by atoms with Crippen LogP contribution in [0.15, 0.2) is 53.4 Å². The fourth-order valence-electron chi connectivity index (χ4n) is 2.83. The smallest absolute Gasteiger partial charge is 0.261 e. The van der Waals surface area contributed by atoms with E-state index >= 15 is 0 Å². The molecule has 0 bridgehead atoms. The Kier molecular flexibility index (Phi) is 6.98. The first-order chi connectivity index (χ1) is 12.7. The van der Waals surface area contributed by atoms with Crippen molar-refractivity contribution in [1.82, 2.24) is 4.90 Å². The Bertz CT molecular complexity index is 881. The van der Waals surface area contributed by atoms with Gasteiger partial charge in [-0.3, -0.25) is 9.52 Å². The Balaban J connectivity index is 2.19. The molecule has 0 aliphatic rings. The zero-order valence-electron chi connectivity index (χ0n) is 16.3. The third kappa shape index (κ3) is 5.80. The van der Waals surface area contributed by atoms with Gasteiger partial charge in [-0.1, -0.05) is 18.2 Å². The third-order valence-corrected chi connectivity index (χ3v) is 5.56. The second-order valence-corrected chi connectivity index (χ2v) is 8.43. The van der Waals surface area contributed by atoms with Crippen LogP contribution in [-0.2, 0) is 14.8 Å². The molecule has 0 saturated carbocycles. The summed E-state index contributed by atoms with van der Waals surface area (Å²) in [4.78, 5) is 16.1. The van der Waals surface area contributed by atoms with Crippen LogP contribution < -0.4 is 9.62 Å². The minimum atomic E-state index is -3.64. The molecule has 0 atom stereocenters. The summed E-state index contributed by atoms with van der Waals surface area (Å²) in [6.07, 6.45) is 0.856. The quantitative estimate of drug-likeness (QED) is 0.753. The summed E-state index contributed by atoms with van der Waals surface area (Å²) >= 11 is 0. The number of amides is 1. The summed E-state index contributed by atoms with van der Waals surface area (Å²) in [5.74, 6) is -0.0329. The molecule has 0 aliphatic carbocycles. The highest BCUT2D eigenvalue weighted by atomic mass is 32.2. The van der Waals surface area contributed by atoms with E-state index in [-0.39, 0.29) is 10.8 Å². The van der Waals surface area contributed by atoms with E-state index in [1.165, 1.54) is 0 Å². The summed E-state index contributed by atoms with van der Waals surface area (Å²) in [5.41, 5.74) is 2.10. The molecule has 1 amide bonds. The van der Waals surface area contributed by atoms with Crippen molar-refractivity contribution in [2.75, 3.05) is 36.8 Å². The number of anilines is 2. The van der Waals surface area contributed by atoms with Crippen LogP contribution in [0.1, 0.15) is 18.9 Å². The molecule has 2 aromatic rings. The fraction of sp³-hybridized carbons (Fsp3) is 0.350. The van der Waals surface area contributed by atoms with E-state index in [1.807, 2.05) is 21.0 Å². The summed E-state index contributed by atoms with van der Waals surface area (Å²) in [7, 11) is 0.355. The largest absolute Gasteiger partial charge is 0.312 e. The van der Waals surface area contributed by atoms with Gasteiger partial charge < -0.3 is 9.80 Å². The molecule has 0 spiro atoms. The van der Waals surface area contributed by atoms with Crippen LogP contribution in [0.3, 0.4) is 0 Å². The number of hydrogen-bond acceptors (Lipinski definition) is 4. The summed E-state index contributed by atoms with van der Waals surface area (Å²) < 4.78 is 27.5. The van der Waals surface area contributed by atoms with Crippen molar-refractivity contribution < 1.29 is 13.2 Å². The Hall–Kier alpha value is -2.38. The lowest BCUT2D eigenvalue weighted by atomic mass is 10.1. The molecule has 0 radical (unpaired) electrons. The predicted octanol–water partition coefficient (Wildman–Crippen LogP) is 3.10. The molecule has 6 nitrogen and oxygen atoms in total. The minimum absolute atomic E-state index is 0.0329. The average Bonchev–Trinajstić information content (AvgIpc) is 2.59. The van der Waals surface area contributed by atoms with Gasteiger partial charge >= 0.3 is 0 Å². The monoisotopic (exact) mass is 389 g/mol. The van der Waals surface area contributed by atoms with E-state index in [0.717, 1.165) is 24.2 Å². The first kappa shape index (κ1) is 20.9. The van der Waals surface area contributed by atoms with Crippen LogP contribution in [0.4, 0.5) is 11.4 Å². The molecule has 2 aromatic carbocycles. The Morgan fingerprint density at radius 1 is 1.04 bits per heavy atom. The van der Waals surface area contributed by atoms with E-state index in [1.54, 1.807) is 60.4 Å². The number of aryl methyl sites for hydroxylation is 1. The topological polar surface area (TPSA) is 69.7 Å². The van der Waals surface area contributed by atoms with Gasteiger partial charge in [-0.2, -0.15) is 0 Å². The van der Waals surface area contributed by atoms with E-state index in [0.29, 0.717) is 12.2 Å². The van der Waals surface area contributed by atoms with Gasteiger partial charge in [0.1, 0.15) is 0 Å². The molecule has 27 heavy (non-hydrogen) atoms. The molecule has 146 valence electrons. The van der Waals surface area contributed by atoms with Gasteiger partial charge in [0.15, 0.2) is 0 Å². The van der Waals surface area contributed by atoms with Crippen molar-refractivity contribution in [1.29, 1.82) is 0 Å². The molecular weight excluding hydrogens is 362 g/mol. The number of carbonyl (C=O) groups is 1. The zero-order valence-corrected chi connectivity index (χ0v) is 17.1. The standard InChI is InChI=1S/C20H27N3O3S/c1-16-15-18(21-27(25,26)19-9-6-5-7-10-19)11-12-20(16)23(17(2)24)14-8-13-22(3)4/h5-7,9-12,15,21H,8,13-14H2,1-4H3. The molecule has 0 fully saturated rings. The van der Waals surface area contributed by atoms with Crippen LogP contribution >= 0.6 is 0 Å². The normalized spacial score (nSPS) is 11.4. The van der Waals surface area contributed by atoms with E-state index < -0.39 is 10.0 Å². The Morgan fingerprint density at radius 3 is 2.26 bits per heavy atom. The van der Waals surface area contributed by atoms with Gasteiger partial charge in [0.25, 0.3) is 10.0 Å². The molecule has 0 saturated heterocycles. The summed E-state index contributed by atoms with van der Waals surface area (Å²) in [6.45, 7) is 4.92. The SMILES string of the molecule is CC(=O)N(CCCN(C)C)c1ccc(NS(=O)(=O)c2ccccc2)cc1C. The molecule has 7 heteroatoms. The maximum Gasteiger partial charge on any atom is 0.261 e. The second-order valence-electron chi connectivity index (χ2n) is 6.75.